The SMILES string of the molecule is CN1CCN([n+]2cc(NC(=O)C(C)(C)CSC(=O)c3ccccc3)on2)CC1. The summed E-state index contributed by atoms with van der Waals surface area (Å²) >= 11 is 1.14. The normalized spacial score (nSPS) is 15.5. The maximum atomic E-state index is 12.7. The van der Waals surface area contributed by atoms with Gasteiger partial charge in [0.1, 0.15) is 0 Å². The molecule has 1 aliphatic heterocycles. The fourth-order valence-corrected chi connectivity index (χ4v) is 3.60. The quantitative estimate of drug-likeness (QED) is 0.729. The molecule has 1 amide bonds. The molecular formula is C19H26N5O3S+. The van der Waals surface area contributed by atoms with E-state index in [0.29, 0.717) is 11.3 Å². The number of amides is 1. The summed E-state index contributed by atoms with van der Waals surface area (Å²) in [6.45, 7) is 7.18. The first kappa shape index (κ1) is 20.3. The summed E-state index contributed by atoms with van der Waals surface area (Å²) in [5.74, 6) is 0.429. The first-order chi connectivity index (χ1) is 13.3. The molecule has 150 valence electrons. The topological polar surface area (TPSA) is 82.6 Å². The van der Waals surface area contributed by atoms with Crippen LogP contribution in [0.2, 0.25) is 0 Å². The van der Waals surface area contributed by atoms with Crippen molar-refractivity contribution in [3.8, 4) is 0 Å². The van der Waals surface area contributed by atoms with Gasteiger partial charge in [-0.3, -0.25) is 19.4 Å². The number of hydrogen-bond acceptors (Lipinski definition) is 7. The number of piperazine rings is 1. The van der Waals surface area contributed by atoms with E-state index in [4.69, 9.17) is 4.52 Å². The molecule has 0 aliphatic carbocycles. The van der Waals surface area contributed by atoms with E-state index in [1.54, 1.807) is 37.0 Å². The molecule has 1 aromatic heterocycles. The molecule has 0 bridgehead atoms. The van der Waals surface area contributed by atoms with Crippen LogP contribution in [0.4, 0.5) is 5.88 Å². The zero-order valence-corrected chi connectivity index (χ0v) is 17.2. The van der Waals surface area contributed by atoms with Gasteiger partial charge in [-0.05, 0) is 7.05 Å². The molecule has 0 spiro atoms. The Morgan fingerprint density at radius 1 is 1.21 bits per heavy atom. The highest BCUT2D eigenvalue weighted by Crippen LogP contribution is 2.26. The van der Waals surface area contributed by atoms with Crippen molar-refractivity contribution in [1.82, 2.24) is 10.2 Å². The molecule has 2 heterocycles. The zero-order chi connectivity index (χ0) is 20.1. The van der Waals surface area contributed by atoms with Crippen LogP contribution >= 0.6 is 11.8 Å². The highest BCUT2D eigenvalue weighted by molar-refractivity contribution is 8.14. The third-order valence-corrected chi connectivity index (χ3v) is 6.01. The first-order valence-corrected chi connectivity index (χ1v) is 10.2. The van der Waals surface area contributed by atoms with E-state index in [-0.39, 0.29) is 16.9 Å². The first-order valence-electron chi connectivity index (χ1n) is 9.21. The molecule has 1 aromatic carbocycles. The molecule has 9 heteroatoms. The summed E-state index contributed by atoms with van der Waals surface area (Å²) in [5.41, 5.74) is -0.118. The van der Waals surface area contributed by atoms with Crippen LogP contribution in [0, 0.1) is 5.41 Å². The van der Waals surface area contributed by atoms with E-state index >= 15 is 0 Å². The van der Waals surface area contributed by atoms with Crippen molar-refractivity contribution in [1.29, 1.82) is 0 Å². The predicted octanol–water partition coefficient (Wildman–Crippen LogP) is 1.38. The van der Waals surface area contributed by atoms with Crippen LogP contribution < -0.4 is 15.1 Å². The van der Waals surface area contributed by atoms with Gasteiger partial charge < -0.3 is 4.90 Å². The van der Waals surface area contributed by atoms with E-state index < -0.39 is 5.41 Å². The Morgan fingerprint density at radius 3 is 2.57 bits per heavy atom. The molecule has 1 N–H and O–H groups in total. The van der Waals surface area contributed by atoms with Crippen molar-refractivity contribution in [2.24, 2.45) is 5.41 Å². The van der Waals surface area contributed by atoms with E-state index in [1.807, 2.05) is 18.2 Å². The number of anilines is 1. The van der Waals surface area contributed by atoms with Gasteiger partial charge in [0.25, 0.3) is 6.20 Å². The van der Waals surface area contributed by atoms with Gasteiger partial charge in [-0.15, -0.1) is 0 Å². The zero-order valence-electron chi connectivity index (χ0n) is 16.4. The average molecular weight is 405 g/mol. The molecular weight excluding hydrogens is 378 g/mol. The Kier molecular flexibility index (Phi) is 6.35. The van der Waals surface area contributed by atoms with Crippen LogP contribution in [0.1, 0.15) is 24.2 Å². The standard InChI is InChI=1S/C19H25N5O3S/c1-19(2,14-28-17(25)15-7-5-4-6-8-15)18(26)20-16-13-24(21-27-16)23-11-9-22(3)10-12-23/h4-8,13H,9-12,14H2,1-3H3/p+1. The van der Waals surface area contributed by atoms with Crippen molar-refractivity contribution in [3.63, 3.8) is 0 Å². The minimum Gasteiger partial charge on any atom is -0.302 e. The maximum Gasteiger partial charge on any atom is 0.305 e. The summed E-state index contributed by atoms with van der Waals surface area (Å²) < 4.78 is 5.26. The molecule has 2 aromatic rings. The lowest BCUT2D eigenvalue weighted by Crippen LogP contribution is -2.64. The lowest BCUT2D eigenvalue weighted by molar-refractivity contribution is -0.759. The minimum absolute atomic E-state index is 0.0472. The summed E-state index contributed by atoms with van der Waals surface area (Å²) in [4.78, 5) is 28.8. The molecule has 1 aliphatic rings. The Labute approximate surface area is 168 Å². The largest absolute Gasteiger partial charge is 0.305 e. The number of hydrogen-bond donors (Lipinski definition) is 1. The lowest BCUT2D eigenvalue weighted by Gasteiger charge is -2.26. The second-order valence-corrected chi connectivity index (χ2v) is 8.47. The van der Waals surface area contributed by atoms with Gasteiger partial charge in [-0.1, -0.05) is 55.9 Å². The molecule has 28 heavy (non-hydrogen) atoms. The van der Waals surface area contributed by atoms with E-state index in [2.05, 4.69) is 27.5 Å². The van der Waals surface area contributed by atoms with Gasteiger partial charge in [0, 0.05) is 24.4 Å². The van der Waals surface area contributed by atoms with Gasteiger partial charge in [-0.2, -0.15) is 5.01 Å². The van der Waals surface area contributed by atoms with Gasteiger partial charge in [0.05, 0.1) is 23.3 Å². The van der Waals surface area contributed by atoms with Crippen molar-refractivity contribution < 1.29 is 18.9 Å². The third kappa shape index (κ3) is 5.11. The Hall–Kier alpha value is -2.39. The van der Waals surface area contributed by atoms with Crippen molar-refractivity contribution in [2.45, 2.75) is 13.8 Å². The Morgan fingerprint density at radius 2 is 1.89 bits per heavy atom. The average Bonchev–Trinajstić information content (AvgIpc) is 3.16. The number of aromatic nitrogens is 2. The number of benzene rings is 1. The van der Waals surface area contributed by atoms with E-state index in [0.717, 1.165) is 37.9 Å². The van der Waals surface area contributed by atoms with Crippen LogP contribution in [-0.4, -0.2) is 60.2 Å². The molecule has 3 rings (SSSR count). The van der Waals surface area contributed by atoms with Gasteiger partial charge >= 0.3 is 5.88 Å². The predicted molar refractivity (Wildman–Crippen MR) is 108 cm³/mol. The smallest absolute Gasteiger partial charge is 0.302 e. The van der Waals surface area contributed by atoms with Gasteiger partial charge in [-0.25, -0.2) is 0 Å². The molecule has 1 fully saturated rings. The molecule has 0 saturated carbocycles. The fraction of sp³-hybridized carbons (Fsp3) is 0.474. The third-order valence-electron chi connectivity index (χ3n) is 4.65. The summed E-state index contributed by atoms with van der Waals surface area (Å²) in [6.07, 6.45) is 1.67. The number of carbonyl (C=O) groups is 2. The second kappa shape index (κ2) is 8.74. The number of carbonyl (C=O) groups excluding carboxylic acids is 2. The van der Waals surface area contributed by atoms with Crippen molar-refractivity contribution in [3.05, 3.63) is 42.1 Å². The Bertz CT molecular complexity index is 816. The number of thioether (sulfide) groups is 1. The van der Waals surface area contributed by atoms with Crippen LogP contribution in [-0.2, 0) is 4.79 Å². The Balaban J connectivity index is 1.54. The lowest BCUT2D eigenvalue weighted by atomic mass is 9.95. The highest BCUT2D eigenvalue weighted by Gasteiger charge is 2.32. The second-order valence-electron chi connectivity index (χ2n) is 7.52. The van der Waals surface area contributed by atoms with Gasteiger partial charge in [0.2, 0.25) is 16.3 Å². The number of likely N-dealkylation sites (N-methyl/N-ethyl adjacent to an activating group) is 1. The highest BCUT2D eigenvalue weighted by atomic mass is 32.2. The van der Waals surface area contributed by atoms with Crippen molar-refractivity contribution in [2.75, 3.05) is 49.3 Å². The summed E-state index contributed by atoms with van der Waals surface area (Å²) in [5, 5.41) is 8.76. The summed E-state index contributed by atoms with van der Waals surface area (Å²) in [6, 6.07) is 9.06. The minimum atomic E-state index is -0.749. The van der Waals surface area contributed by atoms with Crippen molar-refractivity contribution >= 4 is 28.7 Å². The number of nitrogens with zero attached hydrogens (tertiary/aromatic N) is 4. The van der Waals surface area contributed by atoms with Crippen LogP contribution in [0.25, 0.3) is 0 Å². The monoisotopic (exact) mass is 404 g/mol. The fourth-order valence-electron chi connectivity index (χ4n) is 2.68. The molecule has 0 unspecified atom stereocenters. The number of nitrogens with one attached hydrogen (secondary N) is 1. The van der Waals surface area contributed by atoms with Crippen LogP contribution in [0.3, 0.4) is 0 Å². The van der Waals surface area contributed by atoms with E-state index in [1.165, 1.54) is 0 Å². The molecule has 0 atom stereocenters. The number of rotatable bonds is 6. The van der Waals surface area contributed by atoms with E-state index in [9.17, 15) is 9.59 Å². The van der Waals surface area contributed by atoms with Gasteiger partial charge in [0.15, 0.2) is 0 Å². The molecule has 8 nitrogen and oxygen atoms in total. The summed E-state index contributed by atoms with van der Waals surface area (Å²) in [7, 11) is 2.08. The maximum absolute atomic E-state index is 12.7. The molecule has 0 radical (unpaired) electrons. The van der Waals surface area contributed by atoms with Crippen LogP contribution in [0.15, 0.2) is 41.1 Å². The van der Waals surface area contributed by atoms with Crippen LogP contribution in [0.5, 0.6) is 0 Å². The molecule has 1 saturated heterocycles.